The largest absolute Gasteiger partial charge is 0.307 e. The van der Waals surface area contributed by atoms with Gasteiger partial charge in [0, 0.05) is 29.6 Å². The van der Waals surface area contributed by atoms with Gasteiger partial charge in [0.05, 0.1) is 6.57 Å². The number of carbonyl (C=O) groups is 3. The molecule has 0 amide bonds. The van der Waals surface area contributed by atoms with Crippen LogP contribution in [-0.4, -0.2) is 17.3 Å². The lowest BCUT2D eigenvalue weighted by Crippen LogP contribution is -2.64. The van der Waals surface area contributed by atoms with Crippen LogP contribution >= 0.6 is 0 Å². The monoisotopic (exact) mass is 593 g/mol. The van der Waals surface area contributed by atoms with Gasteiger partial charge in [-0.1, -0.05) is 90.4 Å². The molecule has 1 aromatic carbocycles. The van der Waals surface area contributed by atoms with Gasteiger partial charge in [-0.05, 0) is 96.5 Å². The quantitative estimate of drug-likeness (QED) is 0.320. The van der Waals surface area contributed by atoms with Crippen molar-refractivity contribution in [3.05, 3.63) is 70.7 Å². The van der Waals surface area contributed by atoms with Crippen LogP contribution in [0.2, 0.25) is 0 Å². The Morgan fingerprint density at radius 1 is 0.932 bits per heavy atom. The molecule has 4 heteroatoms. The van der Waals surface area contributed by atoms with Crippen molar-refractivity contribution in [3.8, 4) is 0 Å². The minimum atomic E-state index is -0.645. The van der Waals surface area contributed by atoms with Gasteiger partial charge in [0.15, 0.2) is 11.6 Å². The third-order valence-electron chi connectivity index (χ3n) is 14.2. The summed E-state index contributed by atoms with van der Waals surface area (Å²) < 4.78 is 0. The van der Waals surface area contributed by atoms with Crippen molar-refractivity contribution < 1.29 is 14.4 Å². The van der Waals surface area contributed by atoms with E-state index in [1.54, 1.807) is 0 Å². The number of carbonyl (C=O) groups excluding carboxylic acids is 3. The normalized spacial score (nSPS) is 40.3. The highest BCUT2D eigenvalue weighted by Crippen LogP contribution is 2.75. The third-order valence-corrected chi connectivity index (χ3v) is 14.2. The van der Waals surface area contributed by atoms with Crippen LogP contribution in [0.1, 0.15) is 112 Å². The average Bonchev–Trinajstić information content (AvgIpc) is 2.96. The van der Waals surface area contributed by atoms with Crippen LogP contribution < -0.4 is 0 Å². The van der Waals surface area contributed by atoms with Gasteiger partial charge in [-0.3, -0.25) is 9.59 Å². The van der Waals surface area contributed by atoms with E-state index in [0.717, 1.165) is 62.5 Å². The molecule has 0 unspecified atom stereocenters. The molecular weight excluding hydrogens is 542 g/mol. The smallest absolute Gasteiger partial charge is 0.226 e. The molecule has 6 rings (SSSR count). The zero-order valence-corrected chi connectivity index (χ0v) is 28.0. The number of benzene rings is 1. The number of Topliss-reactive ketones (excluding diaryl/α,β-unsaturated/α-hetero) is 2. The molecule has 0 aliphatic heterocycles. The van der Waals surface area contributed by atoms with E-state index >= 15 is 0 Å². The molecule has 5 aliphatic rings. The Morgan fingerprint density at radius 2 is 1.61 bits per heavy atom. The Morgan fingerprint density at radius 3 is 2.30 bits per heavy atom. The number of hydrogen-bond donors (Lipinski definition) is 0. The van der Waals surface area contributed by atoms with Crippen molar-refractivity contribution >= 4 is 17.3 Å². The summed E-state index contributed by atoms with van der Waals surface area (Å²) in [5.74, 6) is 0.732. The van der Waals surface area contributed by atoms with Crippen LogP contribution in [0.15, 0.2) is 53.8 Å². The minimum absolute atomic E-state index is 0.0148. The molecule has 0 saturated heterocycles. The first-order chi connectivity index (χ1) is 20.5. The van der Waals surface area contributed by atoms with Crippen molar-refractivity contribution in [3.63, 3.8) is 0 Å². The zero-order valence-electron chi connectivity index (χ0n) is 28.0. The van der Waals surface area contributed by atoms with Crippen LogP contribution in [0.4, 0.5) is 0 Å². The Balaban J connectivity index is 1.39. The fraction of sp³-hybridized carbons (Fsp3) is 0.650. The number of hydrogen-bond acceptors (Lipinski definition) is 3. The molecule has 0 radical (unpaired) electrons. The van der Waals surface area contributed by atoms with Crippen molar-refractivity contribution in [2.75, 3.05) is 0 Å². The molecule has 0 bridgehead atoms. The van der Waals surface area contributed by atoms with E-state index in [9.17, 15) is 14.4 Å². The molecule has 1 aromatic rings. The molecule has 44 heavy (non-hydrogen) atoms. The van der Waals surface area contributed by atoms with Crippen LogP contribution in [-0.2, 0) is 20.8 Å². The standard InChI is InChI=1S/C40H51NO3/c1-35(2)18-20-40(17-14-27(42)22-26-12-10-9-11-13-26)21-19-39(7)33(28(40)24-35)30(43)23-32-37(5)25-29(41-8)34(44)36(3,4)31(37)15-16-38(32,39)6/h9-13,23,25,28,31,33H,14-22,24H2,1-7H3/t28-,31-,33-,37-,38+,39+,40+/m0/s1. The zero-order chi connectivity index (χ0) is 31.9. The lowest BCUT2D eigenvalue weighted by atomic mass is 9.34. The van der Waals surface area contributed by atoms with Crippen LogP contribution in [0.3, 0.4) is 0 Å². The Bertz CT molecular complexity index is 1510. The SMILES string of the molecule is [C-]#[N+]C1=C[C@]2(C)C3=CC(=O)[C@@H]4[C@@H]5CC(C)(C)CC[C@]5(CCC(=O)Cc5ccccc5)CC[C@@]4(C)[C@]3(C)CC[C@H]2C(C)(C)C1=O. The van der Waals surface area contributed by atoms with Crippen molar-refractivity contribution in [2.45, 2.75) is 113 Å². The molecule has 0 heterocycles. The van der Waals surface area contributed by atoms with Crippen LogP contribution in [0.5, 0.6) is 0 Å². The second kappa shape index (κ2) is 10.1. The van der Waals surface area contributed by atoms with Crippen molar-refractivity contribution in [1.29, 1.82) is 0 Å². The van der Waals surface area contributed by atoms with Crippen LogP contribution in [0, 0.1) is 56.8 Å². The topological polar surface area (TPSA) is 55.6 Å². The van der Waals surface area contributed by atoms with Gasteiger partial charge in [0.1, 0.15) is 5.78 Å². The maximum Gasteiger partial charge on any atom is 0.226 e. The molecule has 0 N–H and O–H groups in total. The van der Waals surface area contributed by atoms with Gasteiger partial charge in [-0.2, -0.15) is 0 Å². The molecule has 3 fully saturated rings. The Kier molecular flexibility index (Phi) is 7.16. The second-order valence-electron chi connectivity index (χ2n) is 17.3. The Labute approximate surface area is 265 Å². The lowest BCUT2D eigenvalue weighted by Gasteiger charge is -2.69. The molecule has 4 nitrogen and oxygen atoms in total. The van der Waals surface area contributed by atoms with Gasteiger partial charge in [-0.25, -0.2) is 4.85 Å². The number of ketones is 3. The summed E-state index contributed by atoms with van der Waals surface area (Å²) in [5.41, 5.74) is 1.09. The summed E-state index contributed by atoms with van der Waals surface area (Å²) in [7, 11) is 0. The van der Waals surface area contributed by atoms with E-state index in [4.69, 9.17) is 6.57 Å². The summed E-state index contributed by atoms with van der Waals surface area (Å²) in [6, 6.07) is 10.1. The van der Waals surface area contributed by atoms with E-state index in [1.807, 2.05) is 56.3 Å². The summed E-state index contributed by atoms with van der Waals surface area (Å²) in [4.78, 5) is 45.0. The summed E-state index contributed by atoms with van der Waals surface area (Å²) in [5, 5.41) is 0. The van der Waals surface area contributed by atoms with Gasteiger partial charge in [0.2, 0.25) is 5.70 Å². The highest BCUT2D eigenvalue weighted by atomic mass is 16.1. The first-order valence-electron chi connectivity index (χ1n) is 17.0. The first kappa shape index (κ1) is 31.2. The summed E-state index contributed by atoms with van der Waals surface area (Å²) in [6.07, 6.45) is 13.0. The molecule has 0 aromatic heterocycles. The second-order valence-corrected chi connectivity index (χ2v) is 17.3. The molecule has 3 saturated carbocycles. The summed E-state index contributed by atoms with van der Waals surface area (Å²) in [6.45, 7) is 23.6. The number of rotatable bonds is 5. The fourth-order valence-electron chi connectivity index (χ4n) is 11.4. The highest BCUT2D eigenvalue weighted by molar-refractivity contribution is 6.03. The molecule has 7 atom stereocenters. The van der Waals surface area contributed by atoms with E-state index < -0.39 is 10.8 Å². The lowest BCUT2D eigenvalue weighted by molar-refractivity contribution is -0.172. The average molecular weight is 594 g/mol. The molecule has 0 spiro atoms. The maximum absolute atomic E-state index is 14.7. The van der Waals surface area contributed by atoms with E-state index in [1.165, 1.54) is 0 Å². The fourth-order valence-corrected chi connectivity index (χ4v) is 11.4. The number of allylic oxidation sites excluding steroid dienone is 4. The Hall–Kier alpha value is -2.80. The predicted octanol–water partition coefficient (Wildman–Crippen LogP) is 9.15. The first-order valence-corrected chi connectivity index (χ1v) is 17.0. The predicted molar refractivity (Wildman–Crippen MR) is 174 cm³/mol. The number of fused-ring (bicyclic) bond motifs is 7. The number of nitrogens with zero attached hydrogens (tertiary/aromatic N) is 1. The third kappa shape index (κ3) is 4.39. The van der Waals surface area contributed by atoms with Crippen molar-refractivity contribution in [1.82, 2.24) is 0 Å². The molecule has 234 valence electrons. The molecule has 5 aliphatic carbocycles. The van der Waals surface area contributed by atoms with Crippen LogP contribution in [0.25, 0.3) is 4.85 Å². The molecular formula is C40H51NO3. The van der Waals surface area contributed by atoms with E-state index in [0.29, 0.717) is 18.6 Å². The van der Waals surface area contributed by atoms with Gasteiger partial charge >= 0.3 is 0 Å². The minimum Gasteiger partial charge on any atom is -0.307 e. The highest BCUT2D eigenvalue weighted by Gasteiger charge is 2.69. The van der Waals surface area contributed by atoms with E-state index in [2.05, 4.69) is 39.5 Å². The van der Waals surface area contributed by atoms with Gasteiger partial charge in [-0.15, -0.1) is 0 Å². The van der Waals surface area contributed by atoms with Gasteiger partial charge < -0.3 is 4.79 Å². The van der Waals surface area contributed by atoms with E-state index in [-0.39, 0.29) is 56.7 Å². The summed E-state index contributed by atoms with van der Waals surface area (Å²) >= 11 is 0. The maximum atomic E-state index is 14.7. The van der Waals surface area contributed by atoms with Crippen molar-refractivity contribution in [2.24, 2.45) is 50.2 Å². The van der Waals surface area contributed by atoms with Gasteiger partial charge in [0.25, 0.3) is 0 Å².